The maximum atomic E-state index is 6.77. The molecular weight excluding hydrogens is 663 g/mol. The van der Waals surface area contributed by atoms with E-state index in [9.17, 15) is 0 Å². The first-order chi connectivity index (χ1) is 25.6. The fourth-order valence-corrected chi connectivity index (χ4v) is 11.3. The third-order valence-corrected chi connectivity index (χ3v) is 14.2. The molecule has 8 rings (SSSR count). The molecule has 1 aliphatic carbocycles. The summed E-state index contributed by atoms with van der Waals surface area (Å²) >= 11 is 0. The number of allylic oxidation sites excluding steroid dienone is 2. The van der Waals surface area contributed by atoms with E-state index in [1.54, 1.807) is 10.8 Å². The van der Waals surface area contributed by atoms with Crippen LogP contribution in [0.4, 0.5) is 0 Å². The molecule has 5 heterocycles. The molecule has 53 heavy (non-hydrogen) atoms. The number of furan rings is 1. The van der Waals surface area contributed by atoms with Gasteiger partial charge < -0.3 is 4.42 Å². The van der Waals surface area contributed by atoms with Gasteiger partial charge in [0.1, 0.15) is 5.58 Å². The molecule has 2 unspecified atom stereocenters. The molecule has 0 bridgehead atoms. The Morgan fingerprint density at radius 1 is 1.00 bits per heavy atom. The molecule has 4 nitrogen and oxygen atoms in total. The molecule has 0 N–H and O–H groups in total. The first-order valence-electron chi connectivity index (χ1n) is 20.5. The summed E-state index contributed by atoms with van der Waals surface area (Å²) in [7, 11) is -1.65. The minimum atomic E-state index is -1.65. The number of pyridine rings is 2. The van der Waals surface area contributed by atoms with Crippen molar-refractivity contribution in [3.05, 3.63) is 113 Å². The van der Waals surface area contributed by atoms with Gasteiger partial charge >= 0.3 is 0 Å². The number of aromatic nitrogens is 2. The number of hydrogen-bond donors (Lipinski definition) is 0. The summed E-state index contributed by atoms with van der Waals surface area (Å²) in [4.78, 5) is 10.5. The Hall–Kier alpha value is -4.09. The predicted octanol–water partition coefficient (Wildman–Crippen LogP) is 11.4. The van der Waals surface area contributed by atoms with Crippen LogP contribution >= 0.6 is 0 Å². The SMILES string of the molecule is C=C1CN=C(/C=C\CCC)c2c(ccc3c2oc2nc(CC(C)C)ccc23)CCC2c3ccccc3-c3cc(CC4CCCC4)c([Si](C)(C)C)c[n+]3C12. The monoisotopic (exact) mass is 720 g/mol. The maximum Gasteiger partial charge on any atom is 0.227 e. The Kier molecular flexibility index (Phi) is 9.91. The quantitative estimate of drug-likeness (QED) is 0.0910. The van der Waals surface area contributed by atoms with E-state index in [0.717, 1.165) is 77.1 Å². The zero-order valence-electron chi connectivity index (χ0n) is 33.0. The zero-order valence-corrected chi connectivity index (χ0v) is 34.0. The normalized spacial score (nSPS) is 19.5. The van der Waals surface area contributed by atoms with Crippen molar-refractivity contribution in [3.8, 4) is 11.3 Å². The Labute approximate surface area is 318 Å². The van der Waals surface area contributed by atoms with Crippen molar-refractivity contribution >= 4 is 41.0 Å². The highest BCUT2D eigenvalue weighted by Crippen LogP contribution is 2.45. The van der Waals surface area contributed by atoms with E-state index < -0.39 is 8.07 Å². The fourth-order valence-electron chi connectivity index (χ4n) is 9.63. The minimum Gasteiger partial charge on any atom is -0.437 e. The molecule has 3 aromatic heterocycles. The van der Waals surface area contributed by atoms with Crippen LogP contribution in [0.2, 0.25) is 19.6 Å². The van der Waals surface area contributed by atoms with Crippen molar-refractivity contribution in [2.75, 3.05) is 6.54 Å². The second-order valence-electron chi connectivity index (χ2n) is 17.7. The zero-order chi connectivity index (χ0) is 36.9. The number of nitrogens with zero attached hydrogens (tertiary/aromatic N) is 3. The average molecular weight is 721 g/mol. The Morgan fingerprint density at radius 3 is 2.57 bits per heavy atom. The van der Waals surface area contributed by atoms with Crippen LogP contribution in [0, 0.1) is 11.8 Å². The molecule has 3 aliphatic rings. The lowest BCUT2D eigenvalue weighted by Crippen LogP contribution is -2.54. The van der Waals surface area contributed by atoms with Crippen molar-refractivity contribution in [1.82, 2.24) is 4.98 Å². The summed E-state index contributed by atoms with van der Waals surface area (Å²) in [6, 6.07) is 21.0. The highest BCUT2D eigenvalue weighted by atomic mass is 28.3. The number of fused-ring (bicyclic) bond motifs is 11. The van der Waals surface area contributed by atoms with Gasteiger partial charge in [0.25, 0.3) is 0 Å². The Bertz CT molecular complexity index is 2240. The molecule has 2 aliphatic heterocycles. The lowest BCUT2D eigenvalue weighted by atomic mass is 9.76. The van der Waals surface area contributed by atoms with E-state index >= 15 is 0 Å². The van der Waals surface area contributed by atoms with Crippen LogP contribution < -0.4 is 9.75 Å². The molecule has 0 saturated heterocycles. The number of aryl methyl sites for hydroxylation is 1. The van der Waals surface area contributed by atoms with Gasteiger partial charge in [-0.1, -0.05) is 116 Å². The molecule has 274 valence electrons. The van der Waals surface area contributed by atoms with Gasteiger partial charge in [0.2, 0.25) is 11.4 Å². The Morgan fingerprint density at radius 2 is 1.79 bits per heavy atom. The van der Waals surface area contributed by atoms with Crippen LogP contribution in [0.25, 0.3) is 33.3 Å². The first-order valence-corrected chi connectivity index (χ1v) is 24.0. The summed E-state index contributed by atoms with van der Waals surface area (Å²) < 4.78 is 9.42. The lowest BCUT2D eigenvalue weighted by molar-refractivity contribution is -0.708. The van der Waals surface area contributed by atoms with Crippen molar-refractivity contribution in [2.45, 2.75) is 117 Å². The topological polar surface area (TPSA) is 42.3 Å². The molecule has 0 amide bonds. The van der Waals surface area contributed by atoms with Crippen LogP contribution in [0.15, 0.2) is 94.5 Å². The largest absolute Gasteiger partial charge is 0.437 e. The molecule has 1 saturated carbocycles. The van der Waals surface area contributed by atoms with Crippen molar-refractivity contribution < 1.29 is 8.98 Å². The Balaban J connectivity index is 1.28. The molecule has 2 aromatic carbocycles. The summed E-state index contributed by atoms with van der Waals surface area (Å²) in [6.07, 6.45) is 18.8. The summed E-state index contributed by atoms with van der Waals surface area (Å²) in [5, 5.41) is 3.81. The van der Waals surface area contributed by atoms with Gasteiger partial charge in [0, 0.05) is 44.4 Å². The maximum absolute atomic E-state index is 6.77. The minimum absolute atomic E-state index is 0.139. The highest BCUT2D eigenvalue weighted by Gasteiger charge is 2.43. The molecule has 5 aromatic rings. The summed E-state index contributed by atoms with van der Waals surface area (Å²) in [6.45, 7) is 19.7. The van der Waals surface area contributed by atoms with E-state index in [1.165, 1.54) is 60.1 Å². The number of unbranched alkanes of at least 4 members (excludes halogenated alkanes) is 1. The predicted molar refractivity (Wildman–Crippen MR) is 225 cm³/mol. The average Bonchev–Trinajstić information content (AvgIpc) is 3.78. The van der Waals surface area contributed by atoms with Crippen molar-refractivity contribution in [1.29, 1.82) is 0 Å². The van der Waals surface area contributed by atoms with Gasteiger partial charge in [-0.15, -0.1) is 0 Å². The van der Waals surface area contributed by atoms with Crippen LogP contribution in [-0.2, 0) is 19.3 Å². The van der Waals surface area contributed by atoms with E-state index in [-0.39, 0.29) is 6.04 Å². The van der Waals surface area contributed by atoms with Crippen molar-refractivity contribution in [2.24, 2.45) is 16.8 Å². The van der Waals surface area contributed by atoms with Gasteiger partial charge in [-0.05, 0) is 84.9 Å². The molecule has 2 atom stereocenters. The van der Waals surface area contributed by atoms with Gasteiger partial charge in [0.05, 0.1) is 26.2 Å². The van der Waals surface area contributed by atoms with E-state index in [1.807, 2.05) is 0 Å². The van der Waals surface area contributed by atoms with E-state index in [2.05, 4.69) is 118 Å². The summed E-state index contributed by atoms with van der Waals surface area (Å²) in [5.41, 5.74) is 13.1. The molecule has 0 spiro atoms. The molecule has 0 radical (unpaired) electrons. The smallest absolute Gasteiger partial charge is 0.227 e. The highest BCUT2D eigenvalue weighted by molar-refractivity contribution is 6.89. The molecule has 1 fully saturated rings. The standard InChI is InChI=1S/C48H58N3OSi/c1-8-9-10-19-42-45-34(21-24-40-41-25-22-36(26-31(2)3)50-48(41)52-47(40)45)20-23-39-37-17-13-14-18-38(37)43-28-35(27-33-15-11-12-16-33)44(53(5,6)7)30-51(43)46(39)32(4)29-49-42/h10,13-14,17-19,21-22,24-25,28,30-31,33,39,46H,4,8-9,11-12,15-16,20,23,26-27,29H2,1-3,5-7H3/q+1/b19-10-,49-42?. The van der Waals surface area contributed by atoms with Crippen LogP contribution in [0.1, 0.15) is 106 Å². The van der Waals surface area contributed by atoms with E-state index in [4.69, 9.17) is 21.0 Å². The third-order valence-electron chi connectivity index (χ3n) is 12.2. The number of aliphatic imine (C=N–C) groups is 1. The van der Waals surface area contributed by atoms with Gasteiger partial charge in [-0.3, -0.25) is 4.99 Å². The van der Waals surface area contributed by atoms with Gasteiger partial charge in [-0.25, -0.2) is 4.98 Å². The van der Waals surface area contributed by atoms with Gasteiger partial charge in [-0.2, -0.15) is 4.57 Å². The third kappa shape index (κ3) is 6.91. The molecule has 5 heteroatoms. The number of rotatable bonds is 8. The van der Waals surface area contributed by atoms with E-state index in [0.29, 0.717) is 18.4 Å². The molecular formula is C48H58N3OSi+. The van der Waals surface area contributed by atoms with Gasteiger partial charge in [0.15, 0.2) is 12.2 Å². The number of benzene rings is 2. The van der Waals surface area contributed by atoms with Crippen molar-refractivity contribution in [3.63, 3.8) is 0 Å². The van der Waals surface area contributed by atoms with Crippen LogP contribution in [-0.4, -0.2) is 25.3 Å². The first kappa shape index (κ1) is 35.9. The second kappa shape index (κ2) is 14.6. The number of hydrogen-bond acceptors (Lipinski definition) is 3. The summed E-state index contributed by atoms with van der Waals surface area (Å²) in [5.74, 6) is 1.64. The van der Waals surface area contributed by atoms with Crippen LogP contribution in [0.5, 0.6) is 0 Å². The van der Waals surface area contributed by atoms with Crippen LogP contribution in [0.3, 0.4) is 0 Å². The fraction of sp³-hybridized carbons (Fsp3) is 0.438. The lowest BCUT2D eigenvalue weighted by Gasteiger charge is -2.34. The second-order valence-corrected chi connectivity index (χ2v) is 22.7.